The maximum Gasteiger partial charge on any atom is 0.410 e. The summed E-state index contributed by atoms with van der Waals surface area (Å²) in [6.45, 7) is 2.00. The molecule has 4 rings (SSSR count). The number of ether oxygens (including phenoxy) is 1. The van der Waals surface area contributed by atoms with Crippen LogP contribution in [-0.4, -0.2) is 64.1 Å². The third kappa shape index (κ3) is 2.84. The number of likely N-dealkylation sites (tertiary alicyclic amines) is 1. The highest BCUT2D eigenvalue weighted by Crippen LogP contribution is 2.20. The number of nitrogens with one attached hydrogen (secondary N) is 1. The molecular weight excluding hydrogens is 324 g/mol. The van der Waals surface area contributed by atoms with E-state index in [0.29, 0.717) is 50.1 Å². The second-order valence-electron chi connectivity index (χ2n) is 6.26. The number of piperidine rings is 1. The van der Waals surface area contributed by atoms with Crippen LogP contribution in [0, 0.1) is 0 Å². The molecule has 0 spiro atoms. The summed E-state index contributed by atoms with van der Waals surface area (Å²) < 4.78 is 4.97. The van der Waals surface area contributed by atoms with Crippen molar-refractivity contribution >= 4 is 23.0 Å². The van der Waals surface area contributed by atoms with Crippen molar-refractivity contribution in [3.8, 4) is 0 Å². The van der Waals surface area contributed by atoms with Gasteiger partial charge >= 0.3 is 6.09 Å². The van der Waals surface area contributed by atoms with Crippen LogP contribution in [0.15, 0.2) is 29.1 Å². The van der Waals surface area contributed by atoms with E-state index in [1.54, 1.807) is 28.0 Å². The van der Waals surface area contributed by atoms with E-state index >= 15 is 0 Å². The number of hydrogen-bond acceptors (Lipinski definition) is 5. The molecular formula is C17H18N4O4. The number of aromatic nitrogens is 2. The molecule has 0 atom stereocenters. The van der Waals surface area contributed by atoms with Gasteiger partial charge in [-0.1, -0.05) is 12.1 Å². The Kier molecular flexibility index (Phi) is 3.87. The molecule has 2 aliphatic rings. The lowest BCUT2D eigenvalue weighted by atomic mass is 10.0. The van der Waals surface area contributed by atoms with Crippen LogP contribution in [0.2, 0.25) is 0 Å². The Morgan fingerprint density at radius 1 is 1.16 bits per heavy atom. The van der Waals surface area contributed by atoms with E-state index in [4.69, 9.17) is 4.74 Å². The van der Waals surface area contributed by atoms with Crippen molar-refractivity contribution < 1.29 is 14.3 Å². The molecule has 3 heterocycles. The predicted octanol–water partition coefficient (Wildman–Crippen LogP) is 0.980. The first-order valence-electron chi connectivity index (χ1n) is 8.35. The van der Waals surface area contributed by atoms with Gasteiger partial charge in [0.1, 0.15) is 6.61 Å². The van der Waals surface area contributed by atoms with Gasteiger partial charge in [-0.2, -0.15) is 0 Å². The highest BCUT2D eigenvalue weighted by molar-refractivity contribution is 5.93. The van der Waals surface area contributed by atoms with Crippen molar-refractivity contribution in [1.29, 1.82) is 0 Å². The third-order valence-corrected chi connectivity index (χ3v) is 4.79. The average molecular weight is 342 g/mol. The quantitative estimate of drug-likeness (QED) is 0.878. The largest absolute Gasteiger partial charge is 0.448 e. The molecule has 2 aliphatic heterocycles. The molecule has 8 heteroatoms. The molecule has 2 saturated heterocycles. The highest BCUT2D eigenvalue weighted by atomic mass is 16.6. The van der Waals surface area contributed by atoms with Crippen molar-refractivity contribution in [2.75, 3.05) is 26.2 Å². The summed E-state index contributed by atoms with van der Waals surface area (Å²) in [4.78, 5) is 46.8. The Balaban J connectivity index is 1.50. The van der Waals surface area contributed by atoms with Gasteiger partial charge in [0.05, 0.1) is 17.6 Å². The van der Waals surface area contributed by atoms with Crippen LogP contribution >= 0.6 is 0 Å². The molecule has 2 aromatic rings. The standard InChI is InChI=1S/C17H18N4O4/c22-15-14(18-12-3-1-2-4-13(12)19-15)16(23)20-7-5-11(6-8-20)21-9-10-25-17(21)24/h1-4,11H,5-10H2,(H,19,22). The van der Waals surface area contributed by atoms with E-state index < -0.39 is 5.56 Å². The maximum atomic E-state index is 12.7. The van der Waals surface area contributed by atoms with Gasteiger partial charge in [0.15, 0.2) is 5.69 Å². The minimum Gasteiger partial charge on any atom is -0.448 e. The molecule has 8 nitrogen and oxygen atoms in total. The molecule has 25 heavy (non-hydrogen) atoms. The van der Waals surface area contributed by atoms with Crippen LogP contribution in [0.3, 0.4) is 0 Å². The van der Waals surface area contributed by atoms with E-state index in [9.17, 15) is 14.4 Å². The summed E-state index contributed by atoms with van der Waals surface area (Å²) in [5.74, 6) is -0.366. The number of cyclic esters (lactones) is 1. The molecule has 130 valence electrons. The minimum absolute atomic E-state index is 0.0851. The molecule has 0 unspecified atom stereocenters. The zero-order valence-corrected chi connectivity index (χ0v) is 13.6. The number of aromatic amines is 1. The van der Waals surface area contributed by atoms with E-state index in [1.807, 2.05) is 6.07 Å². The van der Waals surface area contributed by atoms with Gasteiger partial charge < -0.3 is 19.5 Å². The lowest BCUT2D eigenvalue weighted by Gasteiger charge is -2.35. The average Bonchev–Trinajstić information content (AvgIpc) is 3.06. The van der Waals surface area contributed by atoms with Gasteiger partial charge in [-0.05, 0) is 25.0 Å². The van der Waals surface area contributed by atoms with Crippen LogP contribution < -0.4 is 5.56 Å². The molecule has 0 saturated carbocycles. The van der Waals surface area contributed by atoms with Crippen molar-refractivity contribution in [3.63, 3.8) is 0 Å². The normalized spacial score (nSPS) is 18.6. The van der Waals surface area contributed by atoms with Crippen molar-refractivity contribution in [1.82, 2.24) is 19.8 Å². The van der Waals surface area contributed by atoms with Gasteiger partial charge in [0.25, 0.3) is 11.5 Å². The van der Waals surface area contributed by atoms with E-state index in [1.165, 1.54) is 0 Å². The second kappa shape index (κ2) is 6.19. The number of fused-ring (bicyclic) bond motifs is 1. The Morgan fingerprint density at radius 2 is 1.92 bits per heavy atom. The number of para-hydroxylation sites is 2. The van der Waals surface area contributed by atoms with Gasteiger partial charge in [-0.15, -0.1) is 0 Å². The third-order valence-electron chi connectivity index (χ3n) is 4.79. The van der Waals surface area contributed by atoms with Crippen LogP contribution in [0.1, 0.15) is 23.3 Å². The summed E-state index contributed by atoms with van der Waals surface area (Å²) in [7, 11) is 0. The first kappa shape index (κ1) is 15.6. The molecule has 2 amide bonds. The molecule has 2 fully saturated rings. The second-order valence-corrected chi connectivity index (χ2v) is 6.26. The summed E-state index contributed by atoms with van der Waals surface area (Å²) >= 11 is 0. The van der Waals surface area contributed by atoms with Crippen LogP contribution in [0.5, 0.6) is 0 Å². The molecule has 0 radical (unpaired) electrons. The number of hydrogen-bond donors (Lipinski definition) is 1. The number of rotatable bonds is 2. The Bertz CT molecular complexity index is 886. The monoisotopic (exact) mass is 342 g/mol. The zero-order chi connectivity index (χ0) is 17.4. The first-order valence-corrected chi connectivity index (χ1v) is 8.35. The Labute approximate surface area is 143 Å². The van der Waals surface area contributed by atoms with Crippen LogP contribution in [0.4, 0.5) is 4.79 Å². The number of carbonyl (C=O) groups excluding carboxylic acids is 2. The van der Waals surface area contributed by atoms with E-state index in [0.717, 1.165) is 0 Å². The number of benzene rings is 1. The number of amides is 2. The summed E-state index contributed by atoms with van der Waals surface area (Å²) in [5, 5.41) is 0. The molecule has 0 bridgehead atoms. The van der Waals surface area contributed by atoms with E-state index in [-0.39, 0.29) is 23.7 Å². The predicted molar refractivity (Wildman–Crippen MR) is 89.3 cm³/mol. The van der Waals surface area contributed by atoms with Gasteiger partial charge in [0.2, 0.25) is 0 Å². The molecule has 1 aromatic carbocycles. The van der Waals surface area contributed by atoms with Crippen molar-refractivity contribution in [3.05, 3.63) is 40.3 Å². The van der Waals surface area contributed by atoms with Crippen LogP contribution in [0.25, 0.3) is 11.0 Å². The summed E-state index contributed by atoms with van der Waals surface area (Å²) in [6.07, 6.45) is 1.07. The minimum atomic E-state index is -0.478. The number of carbonyl (C=O) groups is 2. The van der Waals surface area contributed by atoms with Crippen LogP contribution in [-0.2, 0) is 4.74 Å². The SMILES string of the molecule is O=C(c1nc2ccccc2[nH]c1=O)N1CCC(N2CCOC2=O)CC1. The molecule has 0 aliphatic carbocycles. The maximum absolute atomic E-state index is 12.7. The van der Waals surface area contributed by atoms with Gasteiger partial charge in [-0.3, -0.25) is 9.59 Å². The smallest absolute Gasteiger partial charge is 0.410 e. The Hall–Kier alpha value is -2.90. The zero-order valence-electron chi connectivity index (χ0n) is 13.6. The van der Waals surface area contributed by atoms with Crippen molar-refractivity contribution in [2.45, 2.75) is 18.9 Å². The highest BCUT2D eigenvalue weighted by Gasteiger charge is 2.34. The fourth-order valence-electron chi connectivity index (χ4n) is 3.44. The van der Waals surface area contributed by atoms with E-state index in [2.05, 4.69) is 9.97 Å². The fourth-order valence-corrected chi connectivity index (χ4v) is 3.44. The van der Waals surface area contributed by atoms with Gasteiger partial charge in [0, 0.05) is 19.1 Å². The number of nitrogens with zero attached hydrogens (tertiary/aromatic N) is 3. The topological polar surface area (TPSA) is 95.6 Å². The summed E-state index contributed by atoms with van der Waals surface area (Å²) in [5.41, 5.74) is 0.627. The molecule has 1 N–H and O–H groups in total. The lowest BCUT2D eigenvalue weighted by molar-refractivity contribution is 0.0651. The lowest BCUT2D eigenvalue weighted by Crippen LogP contribution is -2.48. The fraction of sp³-hybridized carbons (Fsp3) is 0.412. The van der Waals surface area contributed by atoms with Crippen molar-refractivity contribution in [2.24, 2.45) is 0 Å². The Morgan fingerprint density at radius 3 is 2.64 bits per heavy atom. The summed E-state index contributed by atoms with van der Waals surface area (Å²) in [6, 6.07) is 7.20. The van der Waals surface area contributed by atoms with Gasteiger partial charge in [-0.25, -0.2) is 9.78 Å². The first-order chi connectivity index (χ1) is 12.1. The molecule has 1 aromatic heterocycles. The number of H-pyrrole nitrogens is 1.